The molecular formula is C73H49N3. The number of para-hydroxylation sites is 6. The Balaban J connectivity index is 0.938. The van der Waals surface area contributed by atoms with E-state index in [1.807, 2.05) is 0 Å². The quantitative estimate of drug-likeness (QED) is 0.150. The van der Waals surface area contributed by atoms with Gasteiger partial charge in [0, 0.05) is 39.1 Å². The molecule has 2 heterocycles. The summed E-state index contributed by atoms with van der Waals surface area (Å²) in [5.41, 5.74) is 24.3. The molecule has 2 aliphatic rings. The molecule has 13 aromatic rings. The second-order valence-corrected chi connectivity index (χ2v) is 20.0. The zero-order valence-electron chi connectivity index (χ0n) is 41.6. The summed E-state index contributed by atoms with van der Waals surface area (Å²) in [6, 6.07) is 109. The topological polar surface area (TPSA) is 11.4 Å². The highest BCUT2D eigenvalue weighted by atomic mass is 15.2. The van der Waals surface area contributed by atoms with Crippen LogP contribution in [-0.2, 0) is 5.41 Å². The van der Waals surface area contributed by atoms with E-state index in [0.717, 1.165) is 45.1 Å². The third-order valence-corrected chi connectivity index (χ3v) is 16.0. The van der Waals surface area contributed by atoms with Gasteiger partial charge in [0.15, 0.2) is 0 Å². The van der Waals surface area contributed by atoms with Gasteiger partial charge in [0.05, 0.1) is 33.5 Å². The van der Waals surface area contributed by atoms with Crippen molar-refractivity contribution >= 4 is 55.9 Å². The smallest absolute Gasteiger partial charge is 0.0755 e. The molecule has 0 amide bonds. The zero-order chi connectivity index (χ0) is 50.2. The number of nitrogens with zero attached hydrogens (tertiary/aromatic N) is 3. The molecule has 0 bridgehead atoms. The SMILES string of the molecule is c1ccc(-c2cccc(-c3ccccc3N(c3ccc(-c4ccc5c6ccccc6n(-c6ccccc6)c5c4)cc3)c3ccc4c(c3)C3(c5ccccc5-4)c4ccccc4N(c4ccccc4)c4ccccc43)c2)cc1. The standard InChI is InChI=1S/C73H49N3/c1-4-21-50(22-5-1)52-23-20-24-54(47-52)59-29-11-16-35-68(59)74(57-42-39-51(40-43-57)53-41-45-63-62-31-12-17-36-69(62)75(72(63)48-53)55-25-6-2-7-26-55)58-44-46-61-60-30-10-13-32-64(60)73(67(61)49-58)65-33-14-18-37-70(65)76(56-27-8-3-9-28-56)71-38-19-15-34-66(71)73/h1-49H. The average Bonchev–Trinajstić information content (AvgIpc) is 3.99. The Morgan fingerprint density at radius 1 is 0.276 bits per heavy atom. The number of hydrogen-bond acceptors (Lipinski definition) is 2. The lowest BCUT2D eigenvalue weighted by Crippen LogP contribution is -2.36. The second kappa shape index (κ2) is 17.6. The molecule has 356 valence electrons. The van der Waals surface area contributed by atoms with Crippen LogP contribution in [0.5, 0.6) is 0 Å². The predicted molar refractivity (Wildman–Crippen MR) is 317 cm³/mol. The van der Waals surface area contributed by atoms with Gasteiger partial charge in [0.2, 0.25) is 0 Å². The van der Waals surface area contributed by atoms with Gasteiger partial charge in [-0.15, -0.1) is 0 Å². The van der Waals surface area contributed by atoms with E-state index in [4.69, 9.17) is 0 Å². The summed E-state index contributed by atoms with van der Waals surface area (Å²) >= 11 is 0. The van der Waals surface area contributed by atoms with E-state index in [-0.39, 0.29) is 0 Å². The molecule has 12 aromatic carbocycles. The lowest BCUT2D eigenvalue weighted by molar-refractivity contribution is 0.752. The molecule has 0 atom stereocenters. The fraction of sp³-hybridized carbons (Fsp3) is 0.0137. The summed E-state index contributed by atoms with van der Waals surface area (Å²) in [5, 5.41) is 2.49. The van der Waals surface area contributed by atoms with Crippen LogP contribution in [0.4, 0.5) is 34.1 Å². The Bertz CT molecular complexity index is 4300. The Kier molecular flexibility index (Phi) is 10.1. The molecule has 0 unspecified atom stereocenters. The minimum Gasteiger partial charge on any atom is -0.310 e. The molecule has 3 heteroatoms. The van der Waals surface area contributed by atoms with E-state index in [9.17, 15) is 0 Å². The van der Waals surface area contributed by atoms with Crippen molar-refractivity contribution in [2.24, 2.45) is 0 Å². The van der Waals surface area contributed by atoms with Gasteiger partial charge in [-0.25, -0.2) is 0 Å². The second-order valence-electron chi connectivity index (χ2n) is 20.0. The number of anilines is 6. The van der Waals surface area contributed by atoms with Crippen LogP contribution in [0.3, 0.4) is 0 Å². The predicted octanol–water partition coefficient (Wildman–Crippen LogP) is 19.4. The van der Waals surface area contributed by atoms with Gasteiger partial charge in [0.1, 0.15) is 0 Å². The highest BCUT2D eigenvalue weighted by Gasteiger charge is 2.52. The first-order valence-corrected chi connectivity index (χ1v) is 26.3. The van der Waals surface area contributed by atoms with Gasteiger partial charge in [-0.3, -0.25) is 0 Å². The van der Waals surface area contributed by atoms with Crippen molar-refractivity contribution in [1.82, 2.24) is 4.57 Å². The Morgan fingerprint density at radius 3 is 1.54 bits per heavy atom. The van der Waals surface area contributed by atoms with Crippen LogP contribution in [0.25, 0.3) is 72.0 Å². The largest absolute Gasteiger partial charge is 0.310 e. The third-order valence-electron chi connectivity index (χ3n) is 16.0. The molecule has 76 heavy (non-hydrogen) atoms. The maximum absolute atomic E-state index is 2.50. The van der Waals surface area contributed by atoms with Crippen molar-refractivity contribution in [2.45, 2.75) is 5.41 Å². The molecule has 0 N–H and O–H groups in total. The van der Waals surface area contributed by atoms with E-state index in [1.54, 1.807) is 0 Å². The summed E-state index contributed by atoms with van der Waals surface area (Å²) in [5.74, 6) is 0. The summed E-state index contributed by atoms with van der Waals surface area (Å²) in [6.45, 7) is 0. The monoisotopic (exact) mass is 967 g/mol. The van der Waals surface area contributed by atoms with Crippen LogP contribution in [0.15, 0.2) is 297 Å². The first-order chi connectivity index (χ1) is 37.7. The van der Waals surface area contributed by atoms with Crippen LogP contribution in [0, 0.1) is 0 Å². The van der Waals surface area contributed by atoms with E-state index in [1.165, 1.54) is 83.3 Å². The van der Waals surface area contributed by atoms with Gasteiger partial charge in [-0.05, 0) is 146 Å². The van der Waals surface area contributed by atoms with Crippen molar-refractivity contribution < 1.29 is 0 Å². The van der Waals surface area contributed by atoms with Crippen LogP contribution < -0.4 is 9.80 Å². The number of aromatic nitrogens is 1. The van der Waals surface area contributed by atoms with Gasteiger partial charge in [-0.2, -0.15) is 0 Å². The maximum Gasteiger partial charge on any atom is 0.0755 e. The Morgan fingerprint density at radius 2 is 0.789 bits per heavy atom. The molecule has 0 saturated heterocycles. The summed E-state index contributed by atoms with van der Waals surface area (Å²) in [6.07, 6.45) is 0. The Hall–Kier alpha value is -9.96. The molecular weight excluding hydrogens is 919 g/mol. The molecule has 0 saturated carbocycles. The molecule has 1 aliphatic heterocycles. The summed E-state index contributed by atoms with van der Waals surface area (Å²) in [4.78, 5) is 4.94. The average molecular weight is 968 g/mol. The Labute approximate surface area is 443 Å². The highest BCUT2D eigenvalue weighted by molar-refractivity contribution is 6.10. The molecule has 0 fully saturated rings. The van der Waals surface area contributed by atoms with Crippen molar-refractivity contribution in [3.63, 3.8) is 0 Å². The molecule has 15 rings (SSSR count). The van der Waals surface area contributed by atoms with Crippen molar-refractivity contribution in [2.75, 3.05) is 9.80 Å². The van der Waals surface area contributed by atoms with Gasteiger partial charge < -0.3 is 14.4 Å². The number of hydrogen-bond donors (Lipinski definition) is 0. The molecule has 0 radical (unpaired) electrons. The van der Waals surface area contributed by atoms with Crippen LogP contribution in [0.2, 0.25) is 0 Å². The fourth-order valence-corrected chi connectivity index (χ4v) is 12.7. The van der Waals surface area contributed by atoms with E-state index in [0.29, 0.717) is 0 Å². The lowest BCUT2D eigenvalue weighted by Gasteiger charge is -2.45. The first kappa shape index (κ1) is 43.6. The van der Waals surface area contributed by atoms with Crippen molar-refractivity contribution in [3.8, 4) is 50.2 Å². The van der Waals surface area contributed by atoms with E-state index in [2.05, 4.69) is 312 Å². The summed E-state index contributed by atoms with van der Waals surface area (Å²) < 4.78 is 2.40. The maximum atomic E-state index is 2.50. The molecule has 3 nitrogen and oxygen atoms in total. The fourth-order valence-electron chi connectivity index (χ4n) is 12.7. The summed E-state index contributed by atoms with van der Waals surface area (Å²) in [7, 11) is 0. The van der Waals surface area contributed by atoms with Gasteiger partial charge in [0.25, 0.3) is 0 Å². The number of fused-ring (bicyclic) bond motifs is 12. The van der Waals surface area contributed by atoms with Crippen molar-refractivity contribution in [3.05, 3.63) is 320 Å². The van der Waals surface area contributed by atoms with Crippen LogP contribution in [0.1, 0.15) is 22.3 Å². The van der Waals surface area contributed by atoms with E-state index < -0.39 is 5.41 Å². The zero-order valence-corrected chi connectivity index (χ0v) is 41.6. The van der Waals surface area contributed by atoms with Crippen molar-refractivity contribution in [1.29, 1.82) is 0 Å². The van der Waals surface area contributed by atoms with Gasteiger partial charge >= 0.3 is 0 Å². The van der Waals surface area contributed by atoms with Crippen LogP contribution in [-0.4, -0.2) is 4.57 Å². The molecule has 1 spiro atoms. The number of benzene rings is 12. The third kappa shape index (κ3) is 6.69. The van der Waals surface area contributed by atoms with Gasteiger partial charge in [-0.1, -0.05) is 212 Å². The minimum absolute atomic E-state index is 0.611. The first-order valence-electron chi connectivity index (χ1n) is 26.3. The van der Waals surface area contributed by atoms with Crippen LogP contribution >= 0.6 is 0 Å². The molecule has 1 aromatic heterocycles. The minimum atomic E-state index is -0.611. The van der Waals surface area contributed by atoms with E-state index >= 15 is 0 Å². The highest BCUT2D eigenvalue weighted by Crippen LogP contribution is 2.64. The molecule has 1 aliphatic carbocycles. The number of rotatable bonds is 8. The lowest BCUT2D eigenvalue weighted by atomic mass is 9.64. The normalized spacial score (nSPS) is 12.8.